The highest BCUT2D eigenvalue weighted by molar-refractivity contribution is 5.41. The summed E-state index contributed by atoms with van der Waals surface area (Å²) in [4.78, 5) is 6.56. The molecule has 3 heteroatoms. The summed E-state index contributed by atoms with van der Waals surface area (Å²) in [5, 5.41) is 9.74. The van der Waals surface area contributed by atoms with Gasteiger partial charge in [-0.1, -0.05) is 13.0 Å². The van der Waals surface area contributed by atoms with Crippen molar-refractivity contribution >= 4 is 5.82 Å². The molecule has 1 unspecified atom stereocenters. The maximum Gasteiger partial charge on any atom is 0.128 e. The number of hydrogen-bond donors (Lipinski definition) is 1. The van der Waals surface area contributed by atoms with Gasteiger partial charge in [0.25, 0.3) is 0 Å². The molecule has 0 fully saturated rings. The van der Waals surface area contributed by atoms with E-state index in [9.17, 15) is 5.11 Å². The third kappa shape index (κ3) is 2.69. The van der Waals surface area contributed by atoms with E-state index in [0.717, 1.165) is 30.0 Å². The first-order chi connectivity index (χ1) is 7.10. The molecule has 0 radical (unpaired) electrons. The van der Waals surface area contributed by atoms with E-state index < -0.39 is 6.10 Å². The molecule has 1 aromatic rings. The molecule has 0 spiro atoms. The lowest BCUT2D eigenvalue weighted by atomic mass is 10.1. The zero-order chi connectivity index (χ0) is 11.4. The Kier molecular flexibility index (Phi) is 4.09. The summed E-state index contributed by atoms with van der Waals surface area (Å²) in [6.45, 7) is 6.94. The monoisotopic (exact) mass is 208 g/mol. The minimum atomic E-state index is -0.390. The zero-order valence-electron chi connectivity index (χ0n) is 9.99. The minimum Gasteiger partial charge on any atom is -0.388 e. The number of anilines is 1. The van der Waals surface area contributed by atoms with E-state index in [1.165, 1.54) is 0 Å². The first-order valence-corrected chi connectivity index (χ1v) is 5.46. The number of rotatable bonds is 4. The Morgan fingerprint density at radius 1 is 1.40 bits per heavy atom. The van der Waals surface area contributed by atoms with E-state index in [0.29, 0.717) is 0 Å². The summed E-state index contributed by atoms with van der Waals surface area (Å²) in [5.41, 5.74) is 1.85. The van der Waals surface area contributed by atoms with Crippen molar-refractivity contribution in [1.82, 2.24) is 4.98 Å². The number of nitrogens with zero attached hydrogens (tertiary/aromatic N) is 2. The van der Waals surface area contributed by atoms with Crippen LogP contribution in [-0.4, -0.2) is 23.7 Å². The second kappa shape index (κ2) is 5.12. The van der Waals surface area contributed by atoms with Gasteiger partial charge in [-0.25, -0.2) is 4.98 Å². The molecule has 84 valence electrons. The van der Waals surface area contributed by atoms with Gasteiger partial charge in [0.05, 0.1) is 6.10 Å². The molecule has 0 saturated heterocycles. The van der Waals surface area contributed by atoms with Crippen LogP contribution in [0.2, 0.25) is 0 Å². The zero-order valence-corrected chi connectivity index (χ0v) is 9.99. The van der Waals surface area contributed by atoms with E-state index in [4.69, 9.17) is 0 Å². The summed E-state index contributed by atoms with van der Waals surface area (Å²) in [7, 11) is 2.01. The van der Waals surface area contributed by atoms with Crippen LogP contribution in [-0.2, 0) is 0 Å². The van der Waals surface area contributed by atoms with Gasteiger partial charge in [0.15, 0.2) is 0 Å². The maximum atomic E-state index is 9.74. The Bertz CT molecular complexity index is 325. The van der Waals surface area contributed by atoms with Crippen LogP contribution in [0.1, 0.15) is 37.6 Å². The largest absolute Gasteiger partial charge is 0.388 e. The first-order valence-electron chi connectivity index (χ1n) is 5.46. The average Bonchev–Trinajstić information content (AvgIpc) is 2.26. The molecule has 1 aromatic heterocycles. The van der Waals surface area contributed by atoms with Gasteiger partial charge in [0.1, 0.15) is 5.82 Å². The van der Waals surface area contributed by atoms with Gasteiger partial charge in [-0.2, -0.15) is 0 Å². The molecule has 3 nitrogen and oxygen atoms in total. The Labute approximate surface area is 91.8 Å². The van der Waals surface area contributed by atoms with Crippen molar-refractivity contribution in [2.45, 2.75) is 33.3 Å². The molecule has 0 aliphatic rings. The highest BCUT2D eigenvalue weighted by Gasteiger charge is 2.10. The smallest absolute Gasteiger partial charge is 0.128 e. The fourth-order valence-corrected chi connectivity index (χ4v) is 1.51. The lowest BCUT2D eigenvalue weighted by molar-refractivity contribution is 0.172. The number of hydrogen-bond acceptors (Lipinski definition) is 3. The summed E-state index contributed by atoms with van der Waals surface area (Å²) in [5.74, 6) is 0.960. The highest BCUT2D eigenvalue weighted by atomic mass is 16.3. The van der Waals surface area contributed by atoms with Crippen molar-refractivity contribution < 1.29 is 5.11 Å². The molecule has 15 heavy (non-hydrogen) atoms. The van der Waals surface area contributed by atoms with E-state index in [1.807, 2.05) is 33.0 Å². The van der Waals surface area contributed by atoms with Gasteiger partial charge >= 0.3 is 0 Å². The van der Waals surface area contributed by atoms with Crippen LogP contribution >= 0.6 is 0 Å². The van der Waals surface area contributed by atoms with Gasteiger partial charge in [0, 0.05) is 24.8 Å². The van der Waals surface area contributed by atoms with Crippen LogP contribution in [0.3, 0.4) is 0 Å². The fourth-order valence-electron chi connectivity index (χ4n) is 1.51. The van der Waals surface area contributed by atoms with E-state index >= 15 is 0 Å². The third-order valence-corrected chi connectivity index (χ3v) is 2.72. The normalized spacial score (nSPS) is 12.6. The van der Waals surface area contributed by atoms with Crippen molar-refractivity contribution in [2.24, 2.45) is 0 Å². The maximum absolute atomic E-state index is 9.74. The van der Waals surface area contributed by atoms with Crippen LogP contribution in [0.25, 0.3) is 0 Å². The molecule has 0 aliphatic carbocycles. The van der Waals surface area contributed by atoms with E-state index in [-0.39, 0.29) is 0 Å². The SMILES string of the molecule is CCC(O)c1ccc(N(C)CC)nc1C. The lowest BCUT2D eigenvalue weighted by Crippen LogP contribution is -2.18. The molecule has 1 heterocycles. The number of aliphatic hydroxyl groups is 1. The summed E-state index contributed by atoms with van der Waals surface area (Å²) >= 11 is 0. The first kappa shape index (κ1) is 12.0. The Hall–Kier alpha value is -1.09. The molecule has 0 bridgehead atoms. The van der Waals surface area contributed by atoms with Crippen molar-refractivity contribution in [1.29, 1.82) is 0 Å². The molecule has 1 rings (SSSR count). The highest BCUT2D eigenvalue weighted by Crippen LogP contribution is 2.21. The molecular formula is C12H20N2O. The quantitative estimate of drug-likeness (QED) is 0.824. The molecule has 0 aliphatic heterocycles. The fraction of sp³-hybridized carbons (Fsp3) is 0.583. The Balaban J connectivity index is 2.97. The number of pyridine rings is 1. The molecule has 1 N–H and O–H groups in total. The molecule has 0 aromatic carbocycles. The van der Waals surface area contributed by atoms with Crippen molar-refractivity contribution in [2.75, 3.05) is 18.5 Å². The second-order valence-electron chi connectivity index (χ2n) is 3.78. The third-order valence-electron chi connectivity index (χ3n) is 2.72. The van der Waals surface area contributed by atoms with Crippen LogP contribution in [0.5, 0.6) is 0 Å². The number of aromatic nitrogens is 1. The summed E-state index contributed by atoms with van der Waals surface area (Å²) in [6, 6.07) is 3.93. The minimum absolute atomic E-state index is 0.390. The summed E-state index contributed by atoms with van der Waals surface area (Å²) < 4.78 is 0. The molecule has 0 amide bonds. The van der Waals surface area contributed by atoms with Crippen LogP contribution in [0, 0.1) is 6.92 Å². The molecule has 1 atom stereocenters. The molecule has 0 saturated carbocycles. The van der Waals surface area contributed by atoms with Crippen molar-refractivity contribution in [3.63, 3.8) is 0 Å². The topological polar surface area (TPSA) is 36.4 Å². The van der Waals surface area contributed by atoms with Crippen LogP contribution in [0.4, 0.5) is 5.82 Å². The summed E-state index contributed by atoms with van der Waals surface area (Å²) in [6.07, 6.45) is 0.337. The number of aliphatic hydroxyl groups excluding tert-OH is 1. The Morgan fingerprint density at radius 2 is 2.07 bits per heavy atom. The van der Waals surface area contributed by atoms with E-state index in [2.05, 4.69) is 16.8 Å². The van der Waals surface area contributed by atoms with Gasteiger partial charge in [-0.05, 0) is 26.3 Å². The van der Waals surface area contributed by atoms with E-state index in [1.54, 1.807) is 0 Å². The lowest BCUT2D eigenvalue weighted by Gasteiger charge is -2.18. The van der Waals surface area contributed by atoms with Gasteiger partial charge in [0.2, 0.25) is 0 Å². The van der Waals surface area contributed by atoms with Gasteiger partial charge in [-0.15, -0.1) is 0 Å². The molecular weight excluding hydrogens is 188 g/mol. The van der Waals surface area contributed by atoms with Crippen LogP contribution in [0.15, 0.2) is 12.1 Å². The van der Waals surface area contributed by atoms with Gasteiger partial charge < -0.3 is 10.0 Å². The standard InChI is InChI=1S/C12H20N2O/c1-5-11(15)10-7-8-12(13-9(10)3)14(4)6-2/h7-8,11,15H,5-6H2,1-4H3. The average molecular weight is 208 g/mol. The Morgan fingerprint density at radius 3 is 2.53 bits per heavy atom. The predicted molar refractivity (Wildman–Crippen MR) is 63.2 cm³/mol. The second-order valence-corrected chi connectivity index (χ2v) is 3.78. The predicted octanol–water partition coefficient (Wildman–Crippen LogP) is 2.29. The number of aryl methyl sites for hydroxylation is 1. The van der Waals surface area contributed by atoms with Crippen molar-refractivity contribution in [3.8, 4) is 0 Å². The van der Waals surface area contributed by atoms with Crippen molar-refractivity contribution in [3.05, 3.63) is 23.4 Å². The van der Waals surface area contributed by atoms with Gasteiger partial charge in [-0.3, -0.25) is 0 Å². The van der Waals surface area contributed by atoms with Crippen LogP contribution < -0.4 is 4.90 Å².